The van der Waals surface area contributed by atoms with Crippen LogP contribution < -0.4 is 5.32 Å². The zero-order valence-electron chi connectivity index (χ0n) is 15.8. The van der Waals surface area contributed by atoms with Crippen LogP contribution in [0, 0.1) is 11.8 Å². The largest absolute Gasteiger partial charge is 0.356 e. The molecule has 142 valence electrons. The van der Waals surface area contributed by atoms with Gasteiger partial charge in [0.1, 0.15) is 0 Å². The van der Waals surface area contributed by atoms with Crippen molar-refractivity contribution in [2.24, 2.45) is 11.8 Å². The van der Waals surface area contributed by atoms with E-state index in [-0.39, 0.29) is 17.7 Å². The lowest BCUT2D eigenvalue weighted by molar-refractivity contribution is -0.140. The number of piperidine rings is 1. The maximum absolute atomic E-state index is 12.6. The third-order valence-corrected chi connectivity index (χ3v) is 5.92. The number of likely N-dealkylation sites (tertiary alicyclic amines) is 1. The molecule has 1 aliphatic heterocycles. The number of carbonyl (C=O) groups is 2. The average molecular weight is 357 g/mol. The Balaban J connectivity index is 1.33. The number of hydrogen-bond acceptors (Lipinski definition) is 2. The Bertz CT molecular complexity index is 573. The third-order valence-electron chi connectivity index (χ3n) is 5.92. The molecule has 0 unspecified atom stereocenters. The van der Waals surface area contributed by atoms with Crippen molar-refractivity contribution in [1.29, 1.82) is 0 Å². The SMILES string of the molecule is O=C(NCCCc1ccccc1)C1CCN(C(=O)C2CCCCC2)CC1. The van der Waals surface area contributed by atoms with E-state index < -0.39 is 0 Å². The van der Waals surface area contributed by atoms with E-state index >= 15 is 0 Å². The second-order valence-electron chi connectivity index (χ2n) is 7.81. The van der Waals surface area contributed by atoms with Crippen LogP contribution in [0.4, 0.5) is 0 Å². The van der Waals surface area contributed by atoms with Gasteiger partial charge < -0.3 is 10.2 Å². The summed E-state index contributed by atoms with van der Waals surface area (Å²) in [6.07, 6.45) is 9.35. The molecule has 1 aliphatic carbocycles. The Hall–Kier alpha value is -1.84. The molecule has 1 aromatic rings. The van der Waals surface area contributed by atoms with Crippen LogP contribution in [0.5, 0.6) is 0 Å². The highest BCUT2D eigenvalue weighted by molar-refractivity contribution is 5.81. The molecule has 1 aromatic carbocycles. The van der Waals surface area contributed by atoms with Crippen LogP contribution in [0.15, 0.2) is 30.3 Å². The van der Waals surface area contributed by atoms with Crippen LogP contribution >= 0.6 is 0 Å². The molecule has 2 amide bonds. The minimum Gasteiger partial charge on any atom is -0.356 e. The Kier molecular flexibility index (Phi) is 7.10. The van der Waals surface area contributed by atoms with Gasteiger partial charge in [-0.1, -0.05) is 49.6 Å². The molecule has 0 radical (unpaired) electrons. The number of carbonyl (C=O) groups excluding carboxylic acids is 2. The van der Waals surface area contributed by atoms with Gasteiger partial charge in [-0.05, 0) is 44.1 Å². The molecule has 1 heterocycles. The normalized spacial score (nSPS) is 19.3. The van der Waals surface area contributed by atoms with Gasteiger partial charge in [-0.15, -0.1) is 0 Å². The van der Waals surface area contributed by atoms with E-state index in [9.17, 15) is 9.59 Å². The number of nitrogens with zero attached hydrogens (tertiary/aromatic N) is 1. The van der Waals surface area contributed by atoms with Crippen LogP contribution in [0.3, 0.4) is 0 Å². The van der Waals surface area contributed by atoms with Gasteiger partial charge in [0.25, 0.3) is 0 Å². The number of hydrogen-bond donors (Lipinski definition) is 1. The second kappa shape index (κ2) is 9.75. The zero-order valence-corrected chi connectivity index (χ0v) is 15.8. The molecule has 2 aliphatic rings. The first kappa shape index (κ1) is 18.9. The monoisotopic (exact) mass is 356 g/mol. The fraction of sp³-hybridized carbons (Fsp3) is 0.636. The molecule has 2 fully saturated rings. The summed E-state index contributed by atoms with van der Waals surface area (Å²) in [5.74, 6) is 0.823. The van der Waals surface area contributed by atoms with Crippen LogP contribution in [-0.4, -0.2) is 36.3 Å². The van der Waals surface area contributed by atoms with Gasteiger partial charge in [-0.25, -0.2) is 0 Å². The van der Waals surface area contributed by atoms with E-state index in [2.05, 4.69) is 29.6 Å². The number of amides is 2. The second-order valence-corrected chi connectivity index (χ2v) is 7.81. The smallest absolute Gasteiger partial charge is 0.225 e. The molecule has 4 heteroatoms. The van der Waals surface area contributed by atoms with E-state index in [0.29, 0.717) is 5.91 Å². The predicted octanol–water partition coefficient (Wildman–Crippen LogP) is 3.55. The standard InChI is InChI=1S/C22H32N2O2/c25-21(23-15-7-10-18-8-3-1-4-9-18)19-13-16-24(17-14-19)22(26)20-11-5-2-6-12-20/h1,3-4,8-9,19-20H,2,5-7,10-17H2,(H,23,25). The summed E-state index contributed by atoms with van der Waals surface area (Å²) in [5, 5.41) is 3.09. The Labute approximate surface area is 157 Å². The Morgan fingerprint density at radius 1 is 0.923 bits per heavy atom. The number of benzene rings is 1. The summed E-state index contributed by atoms with van der Waals surface area (Å²) in [6.45, 7) is 2.23. The molecule has 0 aromatic heterocycles. The Morgan fingerprint density at radius 2 is 1.62 bits per heavy atom. The average Bonchev–Trinajstić information content (AvgIpc) is 2.72. The predicted molar refractivity (Wildman–Crippen MR) is 104 cm³/mol. The first-order chi connectivity index (χ1) is 12.7. The third kappa shape index (κ3) is 5.33. The highest BCUT2D eigenvalue weighted by Gasteiger charge is 2.31. The molecule has 1 saturated heterocycles. The van der Waals surface area contributed by atoms with Crippen LogP contribution in [0.1, 0.15) is 56.9 Å². The minimum absolute atomic E-state index is 0.0714. The lowest BCUT2D eigenvalue weighted by Gasteiger charge is -2.34. The molecule has 4 nitrogen and oxygen atoms in total. The molecule has 3 rings (SSSR count). The van der Waals surface area contributed by atoms with E-state index in [1.54, 1.807) is 0 Å². The van der Waals surface area contributed by atoms with Crippen LogP contribution in [0.2, 0.25) is 0 Å². The maximum Gasteiger partial charge on any atom is 0.225 e. The van der Waals surface area contributed by atoms with Crippen molar-refractivity contribution in [3.05, 3.63) is 35.9 Å². The van der Waals surface area contributed by atoms with E-state index in [0.717, 1.165) is 58.2 Å². The van der Waals surface area contributed by atoms with Gasteiger partial charge in [0.15, 0.2) is 0 Å². The quantitative estimate of drug-likeness (QED) is 0.793. The maximum atomic E-state index is 12.6. The zero-order chi connectivity index (χ0) is 18.2. The van der Waals surface area contributed by atoms with E-state index in [1.165, 1.54) is 24.8 Å². The summed E-state index contributed by atoms with van der Waals surface area (Å²) in [6, 6.07) is 10.4. The van der Waals surface area contributed by atoms with Crippen molar-refractivity contribution in [3.63, 3.8) is 0 Å². The van der Waals surface area contributed by atoms with Crippen LogP contribution in [0.25, 0.3) is 0 Å². The molecular weight excluding hydrogens is 324 g/mol. The van der Waals surface area contributed by atoms with Crippen molar-refractivity contribution in [2.75, 3.05) is 19.6 Å². The lowest BCUT2D eigenvalue weighted by Crippen LogP contribution is -2.45. The van der Waals surface area contributed by atoms with E-state index in [1.807, 2.05) is 11.0 Å². The molecule has 26 heavy (non-hydrogen) atoms. The van der Waals surface area contributed by atoms with E-state index in [4.69, 9.17) is 0 Å². The summed E-state index contributed by atoms with van der Waals surface area (Å²) < 4.78 is 0. The van der Waals surface area contributed by atoms with Gasteiger partial charge in [0.2, 0.25) is 11.8 Å². The lowest BCUT2D eigenvalue weighted by atomic mass is 9.87. The number of nitrogens with one attached hydrogen (secondary N) is 1. The summed E-state index contributed by atoms with van der Waals surface area (Å²) in [4.78, 5) is 27.0. The molecule has 0 atom stereocenters. The summed E-state index contributed by atoms with van der Waals surface area (Å²) >= 11 is 0. The first-order valence-electron chi connectivity index (χ1n) is 10.3. The minimum atomic E-state index is 0.0714. The molecule has 1 N–H and O–H groups in total. The van der Waals surface area contributed by atoms with Gasteiger partial charge >= 0.3 is 0 Å². The van der Waals surface area contributed by atoms with Crippen molar-refractivity contribution in [1.82, 2.24) is 10.2 Å². The molecular formula is C22H32N2O2. The molecule has 1 saturated carbocycles. The fourth-order valence-corrected chi connectivity index (χ4v) is 4.26. The molecule has 0 bridgehead atoms. The summed E-state index contributed by atoms with van der Waals surface area (Å²) in [5.41, 5.74) is 1.32. The van der Waals surface area contributed by atoms with Crippen molar-refractivity contribution < 1.29 is 9.59 Å². The number of aryl methyl sites for hydroxylation is 1. The van der Waals surface area contributed by atoms with Crippen LogP contribution in [-0.2, 0) is 16.0 Å². The fourth-order valence-electron chi connectivity index (χ4n) is 4.26. The van der Waals surface area contributed by atoms with Gasteiger partial charge in [-0.3, -0.25) is 9.59 Å². The number of rotatable bonds is 6. The molecule has 0 spiro atoms. The van der Waals surface area contributed by atoms with Crippen molar-refractivity contribution in [3.8, 4) is 0 Å². The highest BCUT2D eigenvalue weighted by atomic mass is 16.2. The topological polar surface area (TPSA) is 49.4 Å². The van der Waals surface area contributed by atoms with Crippen molar-refractivity contribution in [2.45, 2.75) is 57.8 Å². The summed E-state index contributed by atoms with van der Waals surface area (Å²) in [7, 11) is 0. The Morgan fingerprint density at radius 3 is 2.31 bits per heavy atom. The first-order valence-corrected chi connectivity index (χ1v) is 10.3. The van der Waals surface area contributed by atoms with Gasteiger partial charge in [0, 0.05) is 31.5 Å². The highest BCUT2D eigenvalue weighted by Crippen LogP contribution is 2.27. The van der Waals surface area contributed by atoms with Gasteiger partial charge in [-0.2, -0.15) is 0 Å². The van der Waals surface area contributed by atoms with Gasteiger partial charge in [0.05, 0.1) is 0 Å². The van der Waals surface area contributed by atoms with Crippen molar-refractivity contribution >= 4 is 11.8 Å².